The van der Waals surface area contributed by atoms with Crippen LogP contribution in [0.1, 0.15) is 13.3 Å². The van der Waals surface area contributed by atoms with Gasteiger partial charge in [0, 0.05) is 19.3 Å². The van der Waals surface area contributed by atoms with E-state index in [9.17, 15) is 8.42 Å². The molecular weight excluding hydrogens is 292 g/mol. The summed E-state index contributed by atoms with van der Waals surface area (Å²) in [6.45, 7) is 2.61. The molecule has 0 spiro atoms. The molecule has 1 aliphatic rings. The van der Waals surface area contributed by atoms with Gasteiger partial charge in [0.1, 0.15) is 12.4 Å². The van der Waals surface area contributed by atoms with E-state index in [1.54, 1.807) is 31.3 Å². The average Bonchev–Trinajstić information content (AvgIpc) is 2.86. The minimum absolute atomic E-state index is 0.0584. The van der Waals surface area contributed by atoms with Gasteiger partial charge >= 0.3 is 0 Å². The molecule has 1 saturated heterocycles. The molecule has 7 heteroatoms. The number of nitrogens with two attached hydrogens (primary N) is 1. The molecule has 1 heterocycles. The van der Waals surface area contributed by atoms with E-state index in [2.05, 4.69) is 0 Å². The zero-order valence-corrected chi connectivity index (χ0v) is 13.2. The highest BCUT2D eigenvalue weighted by atomic mass is 32.2. The van der Waals surface area contributed by atoms with Crippen LogP contribution in [0.25, 0.3) is 0 Å². The number of ether oxygens (including phenoxy) is 2. The lowest BCUT2D eigenvalue weighted by molar-refractivity contribution is 0.102. The van der Waals surface area contributed by atoms with Crippen LogP contribution in [0, 0.1) is 0 Å². The maximum atomic E-state index is 12.3. The number of nitrogen functional groups attached to an aromatic ring is 1. The normalized spacial score (nSPS) is 22.6. The largest absolute Gasteiger partial charge is 0.492 e. The minimum atomic E-state index is -3.35. The fourth-order valence-corrected chi connectivity index (χ4v) is 3.65. The monoisotopic (exact) mass is 314 g/mol. The van der Waals surface area contributed by atoms with Gasteiger partial charge in [0.2, 0.25) is 10.0 Å². The summed E-state index contributed by atoms with van der Waals surface area (Å²) < 4.78 is 36.8. The van der Waals surface area contributed by atoms with Crippen LogP contribution in [-0.4, -0.2) is 50.9 Å². The number of rotatable bonds is 6. The molecule has 0 aliphatic carbocycles. The number of nitrogens with zero attached hydrogens (tertiary/aromatic N) is 1. The van der Waals surface area contributed by atoms with E-state index in [-0.39, 0.29) is 24.5 Å². The predicted molar refractivity (Wildman–Crippen MR) is 81.7 cm³/mol. The Morgan fingerprint density at radius 2 is 2.05 bits per heavy atom. The fourth-order valence-electron chi connectivity index (χ4n) is 2.38. The van der Waals surface area contributed by atoms with Gasteiger partial charge < -0.3 is 15.2 Å². The molecule has 0 bridgehead atoms. The Kier molecular flexibility index (Phi) is 5.08. The second-order valence-electron chi connectivity index (χ2n) is 5.18. The summed E-state index contributed by atoms with van der Waals surface area (Å²) in [5, 5.41) is 0. The first-order valence-electron chi connectivity index (χ1n) is 6.96. The van der Waals surface area contributed by atoms with Crippen molar-refractivity contribution in [2.24, 2.45) is 0 Å². The van der Waals surface area contributed by atoms with Crippen molar-refractivity contribution in [2.45, 2.75) is 25.5 Å². The van der Waals surface area contributed by atoms with Crippen molar-refractivity contribution >= 4 is 15.7 Å². The van der Waals surface area contributed by atoms with E-state index in [4.69, 9.17) is 15.2 Å². The maximum Gasteiger partial charge on any atom is 0.217 e. The molecule has 21 heavy (non-hydrogen) atoms. The highest BCUT2D eigenvalue weighted by Crippen LogP contribution is 2.21. The summed E-state index contributed by atoms with van der Waals surface area (Å²) in [6.07, 6.45) is 0.665. The number of likely N-dealkylation sites (N-methyl/N-ethyl adjacent to an activating group) is 1. The zero-order chi connectivity index (χ0) is 15.5. The van der Waals surface area contributed by atoms with E-state index in [1.165, 1.54) is 4.31 Å². The lowest BCUT2D eigenvalue weighted by Crippen LogP contribution is -2.42. The van der Waals surface area contributed by atoms with Crippen LogP contribution in [0.15, 0.2) is 24.3 Å². The average molecular weight is 314 g/mol. The number of hydrogen-bond donors (Lipinski definition) is 1. The highest BCUT2D eigenvalue weighted by molar-refractivity contribution is 7.89. The molecule has 1 fully saturated rings. The molecule has 1 aliphatic heterocycles. The van der Waals surface area contributed by atoms with Crippen LogP contribution in [0.5, 0.6) is 5.75 Å². The van der Waals surface area contributed by atoms with Crippen molar-refractivity contribution in [3.8, 4) is 5.75 Å². The zero-order valence-electron chi connectivity index (χ0n) is 12.4. The van der Waals surface area contributed by atoms with Gasteiger partial charge in [-0.05, 0) is 37.6 Å². The van der Waals surface area contributed by atoms with Crippen molar-refractivity contribution in [1.29, 1.82) is 0 Å². The molecule has 0 amide bonds. The third kappa shape index (κ3) is 4.09. The van der Waals surface area contributed by atoms with E-state index in [0.29, 0.717) is 18.0 Å². The number of anilines is 1. The van der Waals surface area contributed by atoms with E-state index < -0.39 is 10.0 Å². The van der Waals surface area contributed by atoms with Gasteiger partial charge in [-0.2, -0.15) is 4.31 Å². The topological polar surface area (TPSA) is 81.9 Å². The Morgan fingerprint density at radius 3 is 2.62 bits per heavy atom. The van der Waals surface area contributed by atoms with Gasteiger partial charge in [0.25, 0.3) is 0 Å². The SMILES string of the molecule is CC1OCCC1N(C)S(=O)(=O)CCOc1ccc(N)cc1. The standard InChI is InChI=1S/C14H22N2O4S/c1-11-14(7-8-19-11)16(2)21(17,18)10-9-20-13-5-3-12(15)4-6-13/h3-6,11,14H,7-10,15H2,1-2H3. The quantitative estimate of drug-likeness (QED) is 0.795. The van der Waals surface area contributed by atoms with Gasteiger partial charge in [-0.15, -0.1) is 0 Å². The summed E-state index contributed by atoms with van der Waals surface area (Å²) in [5.41, 5.74) is 6.22. The Balaban J connectivity index is 1.87. The van der Waals surface area contributed by atoms with Crippen LogP contribution >= 0.6 is 0 Å². The van der Waals surface area contributed by atoms with Gasteiger partial charge in [0.05, 0.1) is 17.9 Å². The van der Waals surface area contributed by atoms with Crippen molar-refractivity contribution < 1.29 is 17.9 Å². The van der Waals surface area contributed by atoms with Crippen LogP contribution in [0.4, 0.5) is 5.69 Å². The number of benzene rings is 1. The predicted octanol–water partition coefficient (Wildman–Crippen LogP) is 1.09. The third-order valence-electron chi connectivity index (χ3n) is 3.73. The lowest BCUT2D eigenvalue weighted by Gasteiger charge is -2.25. The van der Waals surface area contributed by atoms with E-state index in [1.807, 2.05) is 6.92 Å². The summed E-state index contributed by atoms with van der Waals surface area (Å²) in [5.74, 6) is 0.552. The molecule has 6 nitrogen and oxygen atoms in total. The minimum Gasteiger partial charge on any atom is -0.492 e. The molecule has 0 saturated carbocycles. The molecule has 118 valence electrons. The molecule has 1 aromatic rings. The summed E-state index contributed by atoms with van der Waals surface area (Å²) in [4.78, 5) is 0. The maximum absolute atomic E-state index is 12.3. The van der Waals surface area contributed by atoms with Crippen molar-refractivity contribution in [3.63, 3.8) is 0 Å². The summed E-state index contributed by atoms with van der Waals surface area (Å²) >= 11 is 0. The first-order chi connectivity index (χ1) is 9.90. The molecule has 2 rings (SSSR count). The van der Waals surface area contributed by atoms with Crippen molar-refractivity contribution in [1.82, 2.24) is 4.31 Å². The molecular formula is C14H22N2O4S. The second kappa shape index (κ2) is 6.64. The van der Waals surface area contributed by atoms with Crippen molar-refractivity contribution in [2.75, 3.05) is 31.7 Å². The van der Waals surface area contributed by atoms with Gasteiger partial charge in [0.15, 0.2) is 0 Å². The second-order valence-corrected chi connectivity index (χ2v) is 7.33. The smallest absolute Gasteiger partial charge is 0.217 e. The van der Waals surface area contributed by atoms with Crippen LogP contribution in [0.2, 0.25) is 0 Å². The fraction of sp³-hybridized carbons (Fsp3) is 0.571. The first-order valence-corrected chi connectivity index (χ1v) is 8.57. The van der Waals surface area contributed by atoms with Crippen molar-refractivity contribution in [3.05, 3.63) is 24.3 Å². The molecule has 2 unspecified atom stereocenters. The Morgan fingerprint density at radius 1 is 1.38 bits per heavy atom. The van der Waals surface area contributed by atoms with Crippen LogP contribution < -0.4 is 10.5 Å². The Labute approximate surface area is 125 Å². The summed E-state index contributed by atoms with van der Waals surface area (Å²) in [7, 11) is -1.75. The molecule has 1 aromatic carbocycles. The van der Waals surface area contributed by atoms with Crippen LogP contribution in [0.3, 0.4) is 0 Å². The number of hydrogen-bond acceptors (Lipinski definition) is 5. The van der Waals surface area contributed by atoms with Crippen LogP contribution in [-0.2, 0) is 14.8 Å². The Bertz CT molecular complexity index is 559. The molecule has 2 N–H and O–H groups in total. The summed E-state index contributed by atoms with van der Waals surface area (Å²) in [6, 6.07) is 6.78. The molecule has 0 aromatic heterocycles. The Hall–Kier alpha value is -1.31. The third-order valence-corrected chi connectivity index (χ3v) is 5.56. The van der Waals surface area contributed by atoms with Gasteiger partial charge in [-0.25, -0.2) is 8.42 Å². The van der Waals surface area contributed by atoms with Gasteiger partial charge in [-0.3, -0.25) is 0 Å². The van der Waals surface area contributed by atoms with E-state index in [0.717, 1.165) is 6.42 Å². The lowest BCUT2D eigenvalue weighted by atomic mass is 10.2. The first kappa shape index (κ1) is 16.1. The van der Waals surface area contributed by atoms with Gasteiger partial charge in [-0.1, -0.05) is 0 Å². The van der Waals surface area contributed by atoms with E-state index >= 15 is 0 Å². The highest BCUT2D eigenvalue weighted by Gasteiger charge is 2.34. The number of sulfonamides is 1. The molecule has 2 atom stereocenters. The molecule has 0 radical (unpaired) electrons.